The predicted octanol–water partition coefficient (Wildman–Crippen LogP) is 4.55. The molecular formula is C28H31F2N5O. The summed E-state index contributed by atoms with van der Waals surface area (Å²) in [6.07, 6.45) is 3.86. The van der Waals surface area contributed by atoms with Crippen LogP contribution in [0.3, 0.4) is 0 Å². The molecule has 0 bridgehead atoms. The number of fused-ring (bicyclic) bond motifs is 3. The van der Waals surface area contributed by atoms with E-state index in [2.05, 4.69) is 39.1 Å². The van der Waals surface area contributed by atoms with Crippen molar-refractivity contribution >= 4 is 10.9 Å². The van der Waals surface area contributed by atoms with Gasteiger partial charge in [-0.1, -0.05) is 12.1 Å². The number of benzene rings is 2. The largest absolute Gasteiger partial charge is 0.492 e. The summed E-state index contributed by atoms with van der Waals surface area (Å²) in [5.74, 6) is 0.795. The Balaban J connectivity index is 1.31. The topological polar surface area (TPSA) is 68.2 Å². The molecule has 1 saturated carbocycles. The average Bonchev–Trinajstić information content (AvgIpc) is 3.37. The lowest BCUT2D eigenvalue weighted by Crippen LogP contribution is -2.49. The molecule has 1 N–H and O–H groups in total. The Morgan fingerprint density at radius 3 is 2.78 bits per heavy atom. The van der Waals surface area contributed by atoms with Crippen molar-refractivity contribution in [2.24, 2.45) is 5.92 Å². The number of halogens is 2. The number of nitrogens with one attached hydrogen (secondary N) is 1. The number of nitriles is 1. The zero-order chi connectivity index (χ0) is 24.9. The summed E-state index contributed by atoms with van der Waals surface area (Å²) in [5, 5.41) is 18.5. The van der Waals surface area contributed by atoms with E-state index in [1.807, 2.05) is 24.4 Å². The molecule has 6 rings (SSSR count). The third-order valence-electron chi connectivity index (χ3n) is 8.09. The number of hydrogen-bond acceptors (Lipinski definition) is 5. The first kappa shape index (κ1) is 23.4. The van der Waals surface area contributed by atoms with Crippen molar-refractivity contribution in [3.05, 3.63) is 58.8 Å². The van der Waals surface area contributed by atoms with Gasteiger partial charge >= 0.3 is 0 Å². The number of alkyl halides is 2. The van der Waals surface area contributed by atoms with Crippen molar-refractivity contribution in [1.29, 1.82) is 5.26 Å². The van der Waals surface area contributed by atoms with Gasteiger partial charge < -0.3 is 4.74 Å². The maximum absolute atomic E-state index is 15.1. The van der Waals surface area contributed by atoms with E-state index >= 15 is 4.39 Å². The van der Waals surface area contributed by atoms with Crippen LogP contribution in [0.25, 0.3) is 10.9 Å². The molecule has 1 aromatic heterocycles. The van der Waals surface area contributed by atoms with Gasteiger partial charge in [0.15, 0.2) is 0 Å². The van der Waals surface area contributed by atoms with Crippen LogP contribution in [0.15, 0.2) is 36.5 Å². The Hall–Kier alpha value is -3.02. The molecule has 6 nitrogen and oxygen atoms in total. The third-order valence-corrected chi connectivity index (χ3v) is 8.09. The van der Waals surface area contributed by atoms with Crippen LogP contribution in [-0.4, -0.2) is 71.2 Å². The van der Waals surface area contributed by atoms with Crippen molar-refractivity contribution in [3.63, 3.8) is 0 Å². The van der Waals surface area contributed by atoms with Crippen LogP contribution in [0, 0.1) is 17.2 Å². The average molecular weight is 492 g/mol. The van der Waals surface area contributed by atoms with Gasteiger partial charge in [0.2, 0.25) is 0 Å². The number of hydrogen-bond donors (Lipinski definition) is 1. The Morgan fingerprint density at radius 2 is 2.03 bits per heavy atom. The molecule has 0 spiro atoms. The van der Waals surface area contributed by atoms with Crippen LogP contribution in [0.2, 0.25) is 0 Å². The van der Waals surface area contributed by atoms with Crippen LogP contribution in [-0.2, 0) is 6.42 Å². The number of likely N-dealkylation sites (tertiary alicyclic amines) is 1. The van der Waals surface area contributed by atoms with Gasteiger partial charge in [0, 0.05) is 43.5 Å². The zero-order valence-corrected chi connectivity index (χ0v) is 20.5. The van der Waals surface area contributed by atoms with E-state index in [4.69, 9.17) is 4.74 Å². The van der Waals surface area contributed by atoms with E-state index in [9.17, 15) is 9.65 Å². The van der Waals surface area contributed by atoms with Gasteiger partial charge in [0.05, 0.1) is 36.1 Å². The molecule has 0 unspecified atom stereocenters. The summed E-state index contributed by atoms with van der Waals surface area (Å²) in [7, 11) is 0. The molecule has 3 heterocycles. The number of aromatic nitrogens is 2. The Kier molecular flexibility index (Phi) is 5.93. The molecule has 2 aliphatic heterocycles. The predicted molar refractivity (Wildman–Crippen MR) is 133 cm³/mol. The highest BCUT2D eigenvalue weighted by Crippen LogP contribution is 2.47. The molecule has 188 valence electrons. The smallest absolute Gasteiger partial charge is 0.124 e. The molecule has 3 aliphatic rings. The van der Waals surface area contributed by atoms with Crippen molar-refractivity contribution in [2.75, 3.05) is 39.5 Å². The van der Waals surface area contributed by atoms with Crippen LogP contribution in [0.1, 0.15) is 48.1 Å². The van der Waals surface area contributed by atoms with Gasteiger partial charge in [0.1, 0.15) is 18.0 Å². The number of H-pyrrole nitrogens is 1. The first-order valence-electron chi connectivity index (χ1n) is 12.8. The van der Waals surface area contributed by atoms with E-state index in [1.54, 1.807) is 6.07 Å². The second-order valence-electron chi connectivity index (χ2n) is 10.7. The molecular weight excluding hydrogens is 460 g/mol. The first-order chi connectivity index (χ1) is 17.5. The molecule has 0 amide bonds. The normalized spacial score (nSPS) is 23.7. The molecule has 2 atom stereocenters. The van der Waals surface area contributed by atoms with Gasteiger partial charge in [-0.25, -0.2) is 4.39 Å². The highest BCUT2D eigenvalue weighted by Gasteiger charge is 2.48. The van der Waals surface area contributed by atoms with Crippen LogP contribution < -0.4 is 4.74 Å². The zero-order valence-electron chi connectivity index (χ0n) is 20.5. The van der Waals surface area contributed by atoms with Crippen LogP contribution >= 0.6 is 0 Å². The maximum Gasteiger partial charge on any atom is 0.124 e. The minimum absolute atomic E-state index is 0.114. The molecule has 3 aromatic rings. The fourth-order valence-corrected chi connectivity index (χ4v) is 5.85. The number of ether oxygens (including phenoxy) is 1. The van der Waals surface area contributed by atoms with Crippen molar-refractivity contribution in [2.45, 2.75) is 43.9 Å². The van der Waals surface area contributed by atoms with Crippen LogP contribution in [0.4, 0.5) is 8.78 Å². The quantitative estimate of drug-likeness (QED) is 0.501. The summed E-state index contributed by atoms with van der Waals surface area (Å²) in [6.45, 7) is 5.02. The molecule has 8 heteroatoms. The monoisotopic (exact) mass is 491 g/mol. The summed E-state index contributed by atoms with van der Waals surface area (Å²) in [5.41, 5.74) is 3.58. The summed E-state index contributed by atoms with van der Waals surface area (Å²) in [6, 6.07) is 12.1. The maximum atomic E-state index is 15.1. The summed E-state index contributed by atoms with van der Waals surface area (Å²) >= 11 is 0. The number of aromatic amines is 1. The van der Waals surface area contributed by atoms with Crippen molar-refractivity contribution < 1.29 is 13.5 Å². The Morgan fingerprint density at radius 1 is 1.22 bits per heavy atom. The van der Waals surface area contributed by atoms with Gasteiger partial charge in [-0.15, -0.1) is 0 Å². The molecule has 2 aromatic carbocycles. The van der Waals surface area contributed by atoms with E-state index in [0.29, 0.717) is 37.3 Å². The third kappa shape index (κ3) is 4.25. The Bertz CT molecular complexity index is 1310. The van der Waals surface area contributed by atoms with Crippen LogP contribution in [0.5, 0.6) is 5.75 Å². The minimum atomic E-state index is -1.14. The molecule has 1 aliphatic carbocycles. The number of rotatable bonds is 8. The summed E-state index contributed by atoms with van der Waals surface area (Å²) in [4.78, 5) is 4.41. The molecule has 0 radical (unpaired) electrons. The number of nitrogens with zero attached hydrogens (tertiary/aromatic N) is 4. The summed E-state index contributed by atoms with van der Waals surface area (Å²) < 4.78 is 33.7. The van der Waals surface area contributed by atoms with Gasteiger partial charge in [-0.2, -0.15) is 10.4 Å². The van der Waals surface area contributed by atoms with Crippen molar-refractivity contribution in [3.8, 4) is 11.8 Å². The lowest BCUT2D eigenvalue weighted by molar-refractivity contribution is 0.0668. The van der Waals surface area contributed by atoms with E-state index in [1.165, 1.54) is 5.56 Å². The second-order valence-corrected chi connectivity index (χ2v) is 10.7. The van der Waals surface area contributed by atoms with Gasteiger partial charge in [0.25, 0.3) is 0 Å². The fraction of sp³-hybridized carbons (Fsp3) is 0.500. The lowest BCUT2D eigenvalue weighted by Gasteiger charge is -2.43. The second kappa shape index (κ2) is 9.13. The van der Waals surface area contributed by atoms with Gasteiger partial charge in [-0.3, -0.25) is 19.3 Å². The van der Waals surface area contributed by atoms with E-state index < -0.39 is 5.67 Å². The first-order valence-corrected chi connectivity index (χ1v) is 12.8. The standard InChI is InChI=1S/C28H31F2N5O/c1-18-10-24-23(4-5-26-25(24)14-32-33-26)27(35(18)17-28(30)6-7-28)22-3-2-21(11-20(22)13-31)36-9-8-34-15-19(12-29)16-34/h2-5,11,14,18-19,27H,6-10,12,15-17H2,1H3,(H,32,33)/t18-,27-/m1/s1. The van der Waals surface area contributed by atoms with E-state index in [-0.39, 0.29) is 24.7 Å². The lowest BCUT2D eigenvalue weighted by atomic mass is 9.82. The Labute approximate surface area is 209 Å². The van der Waals surface area contributed by atoms with E-state index in [0.717, 1.165) is 48.1 Å². The van der Waals surface area contributed by atoms with Crippen molar-refractivity contribution in [1.82, 2.24) is 20.0 Å². The molecule has 2 fully saturated rings. The SMILES string of the molecule is C[C@@H]1Cc2c(ccc3[nH]ncc23)[C@@H](c2ccc(OCCN3CC(CF)C3)cc2C#N)N1CC1(F)CC1. The highest BCUT2D eigenvalue weighted by atomic mass is 19.1. The minimum Gasteiger partial charge on any atom is -0.492 e. The molecule has 1 saturated heterocycles. The fourth-order valence-electron chi connectivity index (χ4n) is 5.85. The highest BCUT2D eigenvalue weighted by molar-refractivity contribution is 5.83. The van der Waals surface area contributed by atoms with Gasteiger partial charge in [-0.05, 0) is 61.1 Å². The molecule has 36 heavy (non-hydrogen) atoms.